The zero-order chi connectivity index (χ0) is 13.7. The molecular formula is C12H11F3N2O. The van der Waals surface area contributed by atoms with E-state index in [2.05, 4.69) is 5.32 Å². The number of rotatable bonds is 4. The molecule has 18 heavy (non-hydrogen) atoms. The number of halogens is 3. The van der Waals surface area contributed by atoms with Crippen molar-refractivity contribution in [3.05, 3.63) is 35.1 Å². The summed E-state index contributed by atoms with van der Waals surface area (Å²) >= 11 is 0. The van der Waals surface area contributed by atoms with E-state index in [1.807, 2.05) is 0 Å². The van der Waals surface area contributed by atoms with Crippen molar-refractivity contribution in [2.75, 3.05) is 0 Å². The fourth-order valence-electron chi connectivity index (χ4n) is 1.45. The summed E-state index contributed by atoms with van der Waals surface area (Å²) in [7, 11) is 0. The van der Waals surface area contributed by atoms with Gasteiger partial charge in [0, 0.05) is 12.1 Å². The predicted octanol–water partition coefficient (Wildman–Crippen LogP) is 2.53. The molecule has 0 aliphatic heterocycles. The van der Waals surface area contributed by atoms with E-state index in [4.69, 9.17) is 5.26 Å². The summed E-state index contributed by atoms with van der Waals surface area (Å²) in [5.41, 5.74) is -0.882. The second-order valence-corrected chi connectivity index (χ2v) is 3.69. The van der Waals surface area contributed by atoms with Crippen LogP contribution in [0.4, 0.5) is 13.2 Å². The van der Waals surface area contributed by atoms with Crippen molar-refractivity contribution >= 4 is 5.91 Å². The number of nitriles is 1. The smallest absolute Gasteiger partial charge is 0.258 e. The zero-order valence-electron chi connectivity index (χ0n) is 9.64. The molecule has 0 radical (unpaired) electrons. The van der Waals surface area contributed by atoms with E-state index in [0.29, 0.717) is 25.0 Å². The normalized spacial score (nSPS) is 11.7. The number of nitrogens with one attached hydrogen (secondary N) is 1. The minimum absolute atomic E-state index is 0.368. The Bertz CT molecular complexity index is 474. The standard InChI is InChI=1S/C12H11F3N2O/c1-2-3-8(6-16)17-12(18)11-9(14)4-7(13)5-10(11)15/h4-5,8H,2-3H2,1H3,(H,17,18). The molecule has 6 heteroatoms. The number of amides is 1. The van der Waals surface area contributed by atoms with Gasteiger partial charge in [-0.2, -0.15) is 5.26 Å². The molecule has 0 spiro atoms. The van der Waals surface area contributed by atoms with Gasteiger partial charge in [0.25, 0.3) is 5.91 Å². The number of benzene rings is 1. The summed E-state index contributed by atoms with van der Waals surface area (Å²) in [6, 6.07) is 1.81. The average Bonchev–Trinajstić information content (AvgIpc) is 2.26. The van der Waals surface area contributed by atoms with Gasteiger partial charge in [0.2, 0.25) is 0 Å². The third-order valence-corrected chi connectivity index (χ3v) is 2.27. The second-order valence-electron chi connectivity index (χ2n) is 3.69. The molecule has 0 aromatic heterocycles. The summed E-state index contributed by atoms with van der Waals surface area (Å²) < 4.78 is 39.2. The van der Waals surface area contributed by atoms with E-state index in [9.17, 15) is 18.0 Å². The van der Waals surface area contributed by atoms with Crippen molar-refractivity contribution < 1.29 is 18.0 Å². The van der Waals surface area contributed by atoms with E-state index in [0.717, 1.165) is 0 Å². The number of carbonyl (C=O) groups is 1. The Labute approximate surface area is 102 Å². The van der Waals surface area contributed by atoms with Crippen molar-refractivity contribution in [3.63, 3.8) is 0 Å². The van der Waals surface area contributed by atoms with Crippen molar-refractivity contribution in [2.24, 2.45) is 0 Å². The summed E-state index contributed by atoms with van der Waals surface area (Å²) in [6.07, 6.45) is 1.000. The van der Waals surface area contributed by atoms with Gasteiger partial charge in [-0.15, -0.1) is 0 Å². The topological polar surface area (TPSA) is 52.9 Å². The molecule has 0 bridgehead atoms. The Kier molecular flexibility index (Phi) is 4.72. The van der Waals surface area contributed by atoms with Crippen molar-refractivity contribution in [1.82, 2.24) is 5.32 Å². The van der Waals surface area contributed by atoms with Crippen molar-refractivity contribution in [1.29, 1.82) is 5.26 Å². The lowest BCUT2D eigenvalue weighted by atomic mass is 10.1. The van der Waals surface area contributed by atoms with E-state index in [1.54, 1.807) is 13.0 Å². The van der Waals surface area contributed by atoms with Crippen LogP contribution in [0.1, 0.15) is 30.1 Å². The maximum atomic E-state index is 13.3. The first-order valence-corrected chi connectivity index (χ1v) is 5.34. The highest BCUT2D eigenvalue weighted by molar-refractivity contribution is 5.95. The van der Waals surface area contributed by atoms with Crippen LogP contribution in [-0.2, 0) is 0 Å². The van der Waals surface area contributed by atoms with Crippen molar-refractivity contribution in [2.45, 2.75) is 25.8 Å². The third kappa shape index (κ3) is 3.23. The van der Waals surface area contributed by atoms with Crippen LogP contribution in [0.3, 0.4) is 0 Å². The lowest BCUT2D eigenvalue weighted by molar-refractivity contribution is 0.0935. The van der Waals surface area contributed by atoms with Gasteiger partial charge in [-0.1, -0.05) is 13.3 Å². The molecule has 96 valence electrons. The zero-order valence-corrected chi connectivity index (χ0v) is 9.64. The highest BCUT2D eigenvalue weighted by atomic mass is 19.1. The largest absolute Gasteiger partial charge is 0.336 e. The molecule has 1 atom stereocenters. The van der Waals surface area contributed by atoms with Crippen LogP contribution in [0.2, 0.25) is 0 Å². The molecule has 0 saturated carbocycles. The maximum absolute atomic E-state index is 13.3. The van der Waals surface area contributed by atoms with Gasteiger partial charge < -0.3 is 5.32 Å². The molecule has 1 N–H and O–H groups in total. The first-order valence-electron chi connectivity index (χ1n) is 5.34. The quantitative estimate of drug-likeness (QED) is 0.899. The lowest BCUT2D eigenvalue weighted by Crippen LogP contribution is -2.34. The molecule has 1 aromatic carbocycles. The number of hydrogen-bond acceptors (Lipinski definition) is 2. The Morgan fingerprint density at radius 2 is 1.94 bits per heavy atom. The first-order chi connectivity index (χ1) is 8.49. The number of hydrogen-bond donors (Lipinski definition) is 1. The molecule has 1 unspecified atom stereocenters. The molecular weight excluding hydrogens is 245 g/mol. The Hall–Kier alpha value is -2.03. The van der Waals surface area contributed by atoms with Crippen LogP contribution >= 0.6 is 0 Å². The summed E-state index contributed by atoms with van der Waals surface area (Å²) in [5, 5.41) is 10.9. The molecule has 0 aliphatic carbocycles. The number of carbonyl (C=O) groups excluding carboxylic acids is 1. The average molecular weight is 256 g/mol. The highest BCUT2D eigenvalue weighted by Gasteiger charge is 2.21. The minimum atomic E-state index is -1.29. The van der Waals surface area contributed by atoms with E-state index >= 15 is 0 Å². The van der Waals surface area contributed by atoms with Crippen molar-refractivity contribution in [3.8, 4) is 6.07 Å². The maximum Gasteiger partial charge on any atom is 0.258 e. The van der Waals surface area contributed by atoms with Gasteiger partial charge in [0.1, 0.15) is 29.1 Å². The summed E-state index contributed by atoms with van der Waals surface area (Å²) in [6.45, 7) is 1.80. The fourth-order valence-corrected chi connectivity index (χ4v) is 1.45. The van der Waals surface area contributed by atoms with E-state index in [1.165, 1.54) is 0 Å². The molecule has 0 aliphatic rings. The van der Waals surface area contributed by atoms with E-state index < -0.39 is 35.0 Å². The third-order valence-electron chi connectivity index (χ3n) is 2.27. The van der Waals surface area contributed by atoms with Crippen LogP contribution in [0.15, 0.2) is 12.1 Å². The first kappa shape index (κ1) is 14.0. The summed E-state index contributed by atoms with van der Waals surface area (Å²) in [4.78, 5) is 11.6. The van der Waals surface area contributed by atoms with Gasteiger partial charge >= 0.3 is 0 Å². The fraction of sp³-hybridized carbons (Fsp3) is 0.333. The number of nitrogens with zero attached hydrogens (tertiary/aromatic N) is 1. The predicted molar refractivity (Wildman–Crippen MR) is 58.1 cm³/mol. The van der Waals surface area contributed by atoms with Crippen LogP contribution in [0, 0.1) is 28.8 Å². The minimum Gasteiger partial charge on any atom is -0.336 e. The Morgan fingerprint density at radius 3 is 2.39 bits per heavy atom. The SMILES string of the molecule is CCCC(C#N)NC(=O)c1c(F)cc(F)cc1F. The molecule has 0 heterocycles. The molecule has 0 saturated heterocycles. The molecule has 1 rings (SSSR count). The van der Waals surface area contributed by atoms with Gasteiger partial charge in [-0.25, -0.2) is 13.2 Å². The van der Waals surface area contributed by atoms with Gasteiger partial charge in [-0.3, -0.25) is 4.79 Å². The Morgan fingerprint density at radius 1 is 1.39 bits per heavy atom. The Balaban J connectivity index is 2.95. The van der Waals surface area contributed by atoms with Gasteiger partial charge in [0.15, 0.2) is 0 Å². The highest BCUT2D eigenvalue weighted by Crippen LogP contribution is 2.15. The molecule has 1 aromatic rings. The molecule has 1 amide bonds. The monoisotopic (exact) mass is 256 g/mol. The molecule has 3 nitrogen and oxygen atoms in total. The second kappa shape index (κ2) is 6.05. The molecule has 0 fully saturated rings. The lowest BCUT2D eigenvalue weighted by Gasteiger charge is -2.11. The van der Waals surface area contributed by atoms with Gasteiger partial charge in [-0.05, 0) is 6.42 Å². The summed E-state index contributed by atoms with van der Waals surface area (Å²) in [5.74, 6) is -4.76. The van der Waals surface area contributed by atoms with Crippen LogP contribution in [-0.4, -0.2) is 11.9 Å². The van der Waals surface area contributed by atoms with Crippen LogP contribution < -0.4 is 5.32 Å². The van der Waals surface area contributed by atoms with Crippen LogP contribution in [0.25, 0.3) is 0 Å². The van der Waals surface area contributed by atoms with Gasteiger partial charge in [0.05, 0.1) is 6.07 Å². The van der Waals surface area contributed by atoms with E-state index in [-0.39, 0.29) is 0 Å². The van der Waals surface area contributed by atoms with Crippen LogP contribution in [0.5, 0.6) is 0 Å².